The maximum absolute atomic E-state index is 15.2. The lowest BCUT2D eigenvalue weighted by Crippen LogP contribution is -2.59. The highest BCUT2D eigenvalue weighted by Gasteiger charge is 2.64. The zero-order valence-corrected chi connectivity index (χ0v) is 49.4. The molecule has 1 spiro atoms. The van der Waals surface area contributed by atoms with Crippen LogP contribution in [0.5, 0.6) is 5.75 Å². The van der Waals surface area contributed by atoms with Crippen LogP contribution in [0.4, 0.5) is 0 Å². The molecule has 0 aromatic heterocycles. The Balaban J connectivity index is 1.18. The topological polar surface area (TPSA) is 291 Å². The predicted molar refractivity (Wildman–Crippen MR) is 329 cm³/mol. The van der Waals surface area contributed by atoms with Crippen molar-refractivity contribution in [3.05, 3.63) is 159 Å². The third kappa shape index (κ3) is 15.2. The number of amides is 1. The van der Waals surface area contributed by atoms with Crippen molar-refractivity contribution in [1.29, 1.82) is 0 Å². The molecule has 15 N–H and O–H groups in total. The largest absolute Gasteiger partial charge is 0.508 e. The molecule has 0 radical (unpaired) electrons. The number of ketones is 1. The van der Waals surface area contributed by atoms with Crippen LogP contribution in [0.1, 0.15) is 143 Å². The number of nitrogens with zero attached hydrogens (tertiary/aromatic N) is 1. The fraction of sp³-hybridized carbons (Fsp3) is 0.515. The van der Waals surface area contributed by atoms with Gasteiger partial charge in [0.15, 0.2) is 11.7 Å². The standard InChI is InChI=1S/C68H91N7O9/c1-42-13-6-9-34-84-41-49(18-10-14-43(2)58(27-20-42)72-32-7-5-8-33-76)53-29-31-68(63(53)81)57-26-25-51(78)36-45-15-11-16-46(35-45)37-55(56(39-74-66(70)71)47-21-23-50(77)24-22-47)60(80)40-73-62-61-48(17-12-19-54(61)64(69)75-65(62)82)38-59(79)44(3)52(57)28-30-67(68,4)83/h10-12,14-24,35,51,53,55-58,60,62-64,72-73,76-78,80-81,83H,2,5,7-8,13,25-34,36-41,69H2,1,3-4H3,(H,75,82)(H4,70,71,74). The number of allylic oxidation sites excluding steroid dienone is 5. The SMILES string of the molecule is C=C1C=CC=C(C2CCC3(C4CCC(O)Cc5cccc(c5)CC(C(CN=C(N)N)c5ccc(O)cc5)C(O)CNC5C(=O)NC(N)c6cccc(c65)CC(=O)C(C)=C4CCC3(C)O)C2O)COCC#CCC(C)=CCC1NCCCCCO. The summed E-state index contributed by atoms with van der Waals surface area (Å²) in [5.74, 6) is 3.80. The summed E-state index contributed by atoms with van der Waals surface area (Å²) < 4.78 is 6.27. The number of phenolic OH excluding ortho intramolecular Hbond substituents is 1. The van der Waals surface area contributed by atoms with E-state index in [0.717, 1.165) is 71.2 Å². The molecule has 12 atom stereocenters. The number of aliphatic hydroxyl groups excluding tert-OH is 4. The van der Waals surface area contributed by atoms with Crippen LogP contribution >= 0.6 is 0 Å². The molecule has 12 unspecified atom stereocenters. The number of hydrogen-bond acceptors (Lipinski definition) is 13. The molecule has 5 aliphatic rings. The monoisotopic (exact) mass is 1150 g/mol. The smallest absolute Gasteiger partial charge is 0.243 e. The van der Waals surface area contributed by atoms with Gasteiger partial charge in [0.05, 0.1) is 30.5 Å². The lowest BCUT2D eigenvalue weighted by atomic mass is 9.52. The summed E-state index contributed by atoms with van der Waals surface area (Å²) in [5, 5.41) is 80.5. The first-order chi connectivity index (χ1) is 40.3. The van der Waals surface area contributed by atoms with Crippen LogP contribution in [0.3, 0.4) is 0 Å². The number of rotatable bonds is 11. The number of carbonyl (C=O) groups excluding carboxylic acids is 2. The van der Waals surface area contributed by atoms with Gasteiger partial charge >= 0.3 is 0 Å². The Hall–Kier alpha value is -6.23. The number of carbonyl (C=O) groups is 2. The fourth-order valence-electron chi connectivity index (χ4n) is 14.2. The number of Topliss-reactive ketones (excluding diaryl/α,β-unsaturated/α-hetero) is 1. The number of ether oxygens (including phenoxy) is 1. The van der Waals surface area contributed by atoms with Gasteiger partial charge in [-0.3, -0.25) is 19.9 Å². The Morgan fingerprint density at radius 3 is 2.49 bits per heavy atom. The first-order valence-electron chi connectivity index (χ1n) is 30.2. The van der Waals surface area contributed by atoms with Crippen molar-refractivity contribution < 1.29 is 45.0 Å². The molecule has 8 rings (SSSR count). The number of unbranched alkanes of at least 4 members (excludes halogenated alkanes) is 2. The molecule has 3 aromatic carbocycles. The minimum absolute atomic E-state index is 0.0294. The summed E-state index contributed by atoms with van der Waals surface area (Å²) in [7, 11) is 0. The van der Waals surface area contributed by atoms with Gasteiger partial charge in [-0.15, -0.1) is 0 Å². The van der Waals surface area contributed by atoms with Crippen molar-refractivity contribution in [2.75, 3.05) is 39.5 Å². The van der Waals surface area contributed by atoms with E-state index in [1.807, 2.05) is 74.5 Å². The number of guanidine groups is 1. The molecule has 84 heavy (non-hydrogen) atoms. The minimum atomic E-state index is -1.38. The van der Waals surface area contributed by atoms with Crippen LogP contribution in [0.15, 0.2) is 130 Å². The normalized spacial score (nSPS) is 29.8. The van der Waals surface area contributed by atoms with Crippen molar-refractivity contribution in [1.82, 2.24) is 16.0 Å². The molecule has 16 nitrogen and oxygen atoms in total. The first-order valence-corrected chi connectivity index (χ1v) is 30.2. The van der Waals surface area contributed by atoms with E-state index in [9.17, 15) is 35.4 Å². The Morgan fingerprint density at radius 1 is 0.964 bits per heavy atom. The number of aliphatic imine (C=N–C) groups is 1. The molecule has 2 saturated carbocycles. The highest BCUT2D eigenvalue weighted by atomic mass is 16.5. The van der Waals surface area contributed by atoms with Crippen LogP contribution in [0, 0.1) is 35.0 Å². The van der Waals surface area contributed by atoms with Gasteiger partial charge in [-0.1, -0.05) is 108 Å². The van der Waals surface area contributed by atoms with Crippen molar-refractivity contribution in [2.45, 2.75) is 159 Å². The minimum Gasteiger partial charge on any atom is -0.508 e. The molecule has 3 aliphatic heterocycles. The number of β-amino-alcohol motifs (C(OH)–C–C–N with tert-alkyl or cyclic N) is 1. The Labute approximate surface area is 496 Å². The second-order valence-corrected chi connectivity index (χ2v) is 24.4. The van der Waals surface area contributed by atoms with Crippen molar-refractivity contribution in [3.63, 3.8) is 0 Å². The van der Waals surface area contributed by atoms with Crippen molar-refractivity contribution in [2.24, 2.45) is 45.4 Å². The fourth-order valence-corrected chi connectivity index (χ4v) is 14.2. The Morgan fingerprint density at radius 2 is 1.73 bits per heavy atom. The molecule has 16 heteroatoms. The third-order valence-electron chi connectivity index (χ3n) is 18.8. The summed E-state index contributed by atoms with van der Waals surface area (Å²) >= 11 is 0. The highest BCUT2D eigenvalue weighted by Crippen LogP contribution is 2.63. The molecular weight excluding hydrogens is 1060 g/mol. The van der Waals surface area contributed by atoms with E-state index in [-0.39, 0.29) is 69.3 Å². The number of aromatic hydroxyl groups is 1. The lowest BCUT2D eigenvalue weighted by Gasteiger charge is -2.56. The molecule has 1 amide bonds. The lowest BCUT2D eigenvalue weighted by molar-refractivity contribution is -0.168. The third-order valence-corrected chi connectivity index (χ3v) is 18.8. The molecule has 3 heterocycles. The van der Waals surface area contributed by atoms with Gasteiger partial charge in [-0.2, -0.15) is 0 Å². The number of nitrogens with two attached hydrogens (primary N) is 3. The number of nitrogens with one attached hydrogen (secondary N) is 3. The number of aliphatic hydroxyl groups is 5. The number of hydrogen-bond donors (Lipinski definition) is 12. The summed E-state index contributed by atoms with van der Waals surface area (Å²) in [6.45, 7) is 11.6. The van der Waals surface area contributed by atoms with Gasteiger partial charge in [0.25, 0.3) is 0 Å². The van der Waals surface area contributed by atoms with Crippen LogP contribution in [0.25, 0.3) is 0 Å². The molecular formula is C68H91N7O9. The van der Waals surface area contributed by atoms with E-state index in [2.05, 4.69) is 52.4 Å². The van der Waals surface area contributed by atoms with Crippen molar-refractivity contribution >= 4 is 17.6 Å². The maximum atomic E-state index is 15.2. The average molecular weight is 1150 g/mol. The van der Waals surface area contributed by atoms with Gasteiger partial charge in [-0.05, 0) is 178 Å². The summed E-state index contributed by atoms with van der Waals surface area (Å²) in [6.07, 6.45) is 11.1. The molecule has 452 valence electrons. The van der Waals surface area contributed by atoms with Crippen LogP contribution < -0.4 is 33.2 Å². The van der Waals surface area contributed by atoms with Crippen LogP contribution in [0.2, 0.25) is 0 Å². The number of phenols is 1. The number of fused-ring (bicyclic) bond motifs is 4. The van der Waals surface area contributed by atoms with E-state index in [1.54, 1.807) is 24.3 Å². The second-order valence-electron chi connectivity index (χ2n) is 24.4. The van der Waals surface area contributed by atoms with Gasteiger partial charge in [-0.25, -0.2) is 0 Å². The van der Waals surface area contributed by atoms with Gasteiger partial charge in [0.2, 0.25) is 5.91 Å². The molecule has 2 aliphatic carbocycles. The average Bonchev–Trinajstić information content (AvgIpc) is 2.92. The first kappa shape index (κ1) is 63.8. The van der Waals surface area contributed by atoms with E-state index >= 15 is 4.79 Å². The quantitative estimate of drug-likeness (QED) is 0.0328. The molecule has 3 aromatic rings. The zero-order chi connectivity index (χ0) is 60.1. The van der Waals surface area contributed by atoms with E-state index in [0.29, 0.717) is 73.6 Å². The highest BCUT2D eigenvalue weighted by molar-refractivity contribution is 5.98. The molecule has 0 saturated heterocycles. The second kappa shape index (κ2) is 29.2. The van der Waals surface area contributed by atoms with Crippen LogP contribution in [-0.2, 0) is 33.6 Å². The number of benzene rings is 3. The van der Waals surface area contributed by atoms with Gasteiger partial charge in [0.1, 0.15) is 24.6 Å². The van der Waals surface area contributed by atoms with Crippen LogP contribution in [-0.4, -0.2) is 118 Å². The van der Waals surface area contributed by atoms with Gasteiger partial charge < -0.3 is 63.2 Å². The van der Waals surface area contributed by atoms with E-state index in [4.69, 9.17) is 21.9 Å². The molecule has 2 fully saturated rings. The summed E-state index contributed by atoms with van der Waals surface area (Å²) in [4.78, 5) is 33.9. The van der Waals surface area contributed by atoms with Crippen molar-refractivity contribution in [3.8, 4) is 17.6 Å². The summed E-state index contributed by atoms with van der Waals surface area (Å²) in [6, 6.07) is 19.1. The zero-order valence-electron chi connectivity index (χ0n) is 49.4. The van der Waals surface area contributed by atoms with E-state index in [1.165, 1.54) is 0 Å². The maximum Gasteiger partial charge on any atom is 0.243 e. The van der Waals surface area contributed by atoms with E-state index < -0.39 is 71.1 Å². The molecule has 2 bridgehead atoms. The predicted octanol–water partition coefficient (Wildman–Crippen LogP) is 6.35. The Bertz CT molecular complexity index is 3020. The summed E-state index contributed by atoms with van der Waals surface area (Å²) in [5.41, 5.74) is 24.5. The van der Waals surface area contributed by atoms with Gasteiger partial charge in [0, 0.05) is 55.8 Å². The Kier molecular flexibility index (Phi) is 22.2.